The minimum atomic E-state index is -5.47. The van der Waals surface area contributed by atoms with Gasteiger partial charge in [0.25, 0.3) is 0 Å². The van der Waals surface area contributed by atoms with Gasteiger partial charge in [-0.05, 0) is 0 Å². The molecule has 0 rings (SSSR count). The summed E-state index contributed by atoms with van der Waals surface area (Å²) in [6.07, 6.45) is -10.1. The fourth-order valence-corrected chi connectivity index (χ4v) is 9.54. The van der Waals surface area contributed by atoms with Gasteiger partial charge in [0.2, 0.25) is 0 Å². The Morgan fingerprint density at radius 1 is 0.236 bits per heavy atom. The predicted molar refractivity (Wildman–Crippen MR) is 143 cm³/mol. The Morgan fingerprint density at radius 3 is 0.436 bits per heavy atom. The van der Waals surface area contributed by atoms with Crippen molar-refractivity contribution in [1.29, 1.82) is 0 Å². The number of nitrogens with zero attached hydrogens (tertiary/aromatic N) is 5. The van der Waals surface area contributed by atoms with Crippen molar-refractivity contribution in [3.8, 4) is 0 Å². The van der Waals surface area contributed by atoms with Crippen LogP contribution in [0.5, 0.6) is 0 Å². The van der Waals surface area contributed by atoms with Crippen molar-refractivity contribution in [2.75, 3.05) is 96.4 Å². The quantitative estimate of drug-likeness (QED) is 0.0573. The standard InChI is InChI=1S/C15H44N5O21P7.7Na/c21-42(22,23)9-16(1-3-17(10-43(24,25)26)5-7-19(12-45(30,31)32)13-46(33,34)35)2-4-18(11-44(27,28)29)6-8-20(14-47(36,37)38)15-48(39,40)41;;;;;;;/h1-15H2,(H2,21,22,23)(H2,24,25,26)(H2,27,28,29)(H2,30,31,32)(H2,33,34,35)(H2,36,37,38)(H2,39,40,41);;;;;;;/q;7*+1/p-7. The van der Waals surface area contributed by atoms with Crippen LogP contribution in [0.2, 0.25) is 0 Å². The summed E-state index contributed by atoms with van der Waals surface area (Å²) < 4.78 is 78.8. The van der Waals surface area contributed by atoms with Crippen molar-refractivity contribution >= 4 is 53.2 Å². The molecule has 0 aromatic rings. The first-order chi connectivity index (χ1) is 21.1. The van der Waals surface area contributed by atoms with Crippen molar-refractivity contribution in [3.63, 3.8) is 0 Å². The summed E-state index contributed by atoms with van der Waals surface area (Å²) in [5.41, 5.74) is 0. The van der Waals surface area contributed by atoms with E-state index in [4.69, 9.17) is 0 Å². The maximum absolute atomic E-state index is 11.5. The fourth-order valence-electron chi connectivity index (χ4n) is 3.98. The summed E-state index contributed by atoms with van der Waals surface area (Å²) in [6.45, 7) is -5.71. The number of hydrogen-bond donors (Lipinski definition) is 0. The number of rotatable bonds is 26. The van der Waals surface area contributed by atoms with E-state index in [-0.39, 0.29) is 217 Å². The number of hydrogen-bond acceptors (Lipinski definition) is 26. The molecule has 40 heteroatoms. The molecule has 0 amide bonds. The van der Waals surface area contributed by atoms with Crippen LogP contribution in [0.1, 0.15) is 9.99 Å². The van der Waals surface area contributed by atoms with Gasteiger partial charge in [0.05, 0.1) is 0 Å². The molecule has 0 aliphatic carbocycles. The molecule has 0 unspecified atom stereocenters. The van der Waals surface area contributed by atoms with E-state index in [2.05, 4.69) is 0 Å². The molecule has 290 valence electrons. The zero-order valence-corrected chi connectivity index (χ0v) is 51.8. The van der Waals surface area contributed by atoms with Gasteiger partial charge < -0.3 is 100 Å². The zero-order valence-electron chi connectivity index (χ0n) is 38.5. The smallest absolute Gasteiger partial charge is 0.810 e. The molecular weight excluding hydrogens is 964 g/mol. The van der Waals surface area contributed by atoms with Crippen LogP contribution in [0.25, 0.3) is 0 Å². The van der Waals surface area contributed by atoms with E-state index in [1.165, 1.54) is 0 Å². The van der Waals surface area contributed by atoms with Crippen LogP contribution in [-0.2, 0) is 32.0 Å². The van der Waals surface area contributed by atoms with E-state index >= 15 is 0 Å². The van der Waals surface area contributed by atoms with Gasteiger partial charge in [-0.2, -0.15) is 0 Å². The van der Waals surface area contributed by atoms with Crippen molar-refractivity contribution < 1.29 is 317 Å². The molecule has 0 heterocycles. The molecule has 0 aliphatic heterocycles. The average molecular weight is 1000 g/mol. The molecule has 0 saturated heterocycles. The SMILES string of the molecule is O=P([O-])([O-])CN(CCN(CCN(CP(=O)([O-])[O-])CP(=O)([O-])[O-])CP(=O)([O-])[O-])CCN(CCN(CP(=O)([O-])[O-])CP(=O)([O-])[O-])CP(=O)([O-])[O-].[H+].[H+].[H+].[H+].[H+].[H+].[H+].[Na+].[Na+].[Na+].[Na+].[Na+].[Na+].[Na+]. The largest absolute Gasteiger partial charge is 1.00 e. The molecule has 26 nitrogen and oxygen atoms in total. The Kier molecular flexibility index (Phi) is 52.2. The average Bonchev–Trinajstić information content (AvgIpc) is 2.75. The Hall–Kier alpha value is 7.85. The minimum Gasteiger partial charge on any atom is -0.810 e. The van der Waals surface area contributed by atoms with Gasteiger partial charge in [-0.3, -0.25) is 24.5 Å². The van der Waals surface area contributed by atoms with Gasteiger partial charge in [-0.15, -0.1) is 0 Å². The summed E-state index contributed by atoms with van der Waals surface area (Å²) >= 11 is 0. The van der Waals surface area contributed by atoms with Crippen LogP contribution in [0, 0.1) is 0 Å². The topological polar surface area (TPSA) is 459 Å². The Labute approximate surface area is 483 Å². The second-order valence-electron chi connectivity index (χ2n) is 10.4. The van der Waals surface area contributed by atoms with E-state index in [1.807, 2.05) is 0 Å². The fraction of sp³-hybridized carbons (Fsp3) is 1.00. The first kappa shape index (κ1) is 79.9. The second-order valence-corrected chi connectivity index (χ2v) is 20.9. The normalized spacial score (nSPS) is 12.9. The molecule has 0 aromatic heterocycles. The molecule has 55 heavy (non-hydrogen) atoms. The summed E-state index contributed by atoms with van der Waals surface area (Å²) in [4.78, 5) is 160. The van der Waals surface area contributed by atoms with E-state index < -0.39 is 150 Å². The van der Waals surface area contributed by atoms with Gasteiger partial charge in [0, 0.05) is 96.4 Å². The molecule has 0 saturated carbocycles. The van der Waals surface area contributed by atoms with Crippen LogP contribution in [0.3, 0.4) is 0 Å². The summed E-state index contributed by atoms with van der Waals surface area (Å²) in [7, 11) is -38.3. The molecule has 0 atom stereocenters. The van der Waals surface area contributed by atoms with Crippen LogP contribution in [-0.4, -0.2) is 121 Å². The van der Waals surface area contributed by atoms with Crippen LogP contribution in [0.4, 0.5) is 0 Å². The Balaban J connectivity index is -0.000000121. The van der Waals surface area contributed by atoms with Gasteiger partial charge >= 0.3 is 217 Å². The monoisotopic (exact) mass is 1000 g/mol. The molecule has 0 aromatic carbocycles. The maximum atomic E-state index is 11.5. The summed E-state index contributed by atoms with van der Waals surface area (Å²) in [5, 5.41) is 0. The zero-order chi connectivity index (χ0) is 38.0. The van der Waals surface area contributed by atoms with Gasteiger partial charge in [-0.1, -0.05) is 53.2 Å². The van der Waals surface area contributed by atoms with Crippen molar-refractivity contribution in [2.24, 2.45) is 0 Å². The van der Waals surface area contributed by atoms with E-state index in [1.54, 1.807) is 0 Å². The van der Waals surface area contributed by atoms with Gasteiger partial charge in [0.15, 0.2) is 0 Å². The molecule has 0 fully saturated rings. The van der Waals surface area contributed by atoms with Gasteiger partial charge in [-0.25, -0.2) is 0 Å². The van der Waals surface area contributed by atoms with Crippen LogP contribution in [0.15, 0.2) is 0 Å². The Morgan fingerprint density at radius 2 is 0.327 bits per heavy atom. The molecule has 0 spiro atoms. The molecule has 0 N–H and O–H groups in total. The third-order valence-corrected chi connectivity index (χ3v) is 10.8. The molecule has 0 aliphatic rings. The Bertz CT molecular complexity index is 1260. The molecule has 0 radical (unpaired) electrons. The van der Waals surface area contributed by atoms with Crippen LogP contribution >= 0.6 is 53.2 Å². The third kappa shape index (κ3) is 56.1. The van der Waals surface area contributed by atoms with E-state index in [0.717, 1.165) is 4.90 Å². The summed E-state index contributed by atoms with van der Waals surface area (Å²) in [5.74, 6) is 0. The molecule has 0 bridgehead atoms. The first-order valence-corrected chi connectivity index (χ1v) is 24.9. The first-order valence-electron chi connectivity index (χ1n) is 12.8. The van der Waals surface area contributed by atoms with Gasteiger partial charge in [0.1, 0.15) is 0 Å². The summed E-state index contributed by atoms with van der Waals surface area (Å²) in [6, 6.07) is 0. The van der Waals surface area contributed by atoms with E-state index in [0.29, 0.717) is 19.6 Å². The van der Waals surface area contributed by atoms with Crippen molar-refractivity contribution in [1.82, 2.24) is 24.5 Å². The molecular formula is C15H37N5Na7O21P7. The van der Waals surface area contributed by atoms with Crippen molar-refractivity contribution in [2.45, 2.75) is 0 Å². The predicted octanol–water partition coefficient (Wildman–Crippen LogP) is -32.6. The maximum Gasteiger partial charge on any atom is 1.00 e. The third-order valence-electron chi connectivity index (χ3n) is 5.54. The van der Waals surface area contributed by atoms with Crippen molar-refractivity contribution in [3.05, 3.63) is 0 Å². The minimum absolute atomic E-state index is 0. The van der Waals surface area contributed by atoms with Crippen LogP contribution < -0.4 is 275 Å². The van der Waals surface area contributed by atoms with E-state index in [9.17, 15) is 100 Å². The second kappa shape index (κ2) is 35.9.